The number of halogens is 1. The van der Waals surface area contributed by atoms with Crippen molar-refractivity contribution in [3.05, 3.63) is 34.5 Å². The van der Waals surface area contributed by atoms with Crippen LogP contribution in [0, 0.1) is 11.3 Å². The molecule has 1 aromatic carbocycles. The Labute approximate surface area is 121 Å². The molecule has 104 valence electrons. The number of nitriles is 1. The van der Waals surface area contributed by atoms with Gasteiger partial charge < -0.3 is 15.5 Å². The summed E-state index contributed by atoms with van der Waals surface area (Å²) in [7, 11) is 0. The van der Waals surface area contributed by atoms with E-state index in [1.54, 1.807) is 6.07 Å². The Morgan fingerprint density at radius 3 is 2.90 bits per heavy atom. The van der Waals surface area contributed by atoms with E-state index < -0.39 is 0 Å². The van der Waals surface area contributed by atoms with E-state index in [0.29, 0.717) is 10.6 Å². The van der Waals surface area contributed by atoms with Gasteiger partial charge in [0.15, 0.2) is 5.84 Å². The first kappa shape index (κ1) is 14.2. The topological polar surface area (TPSA) is 87.3 Å². The van der Waals surface area contributed by atoms with Crippen LogP contribution in [0.4, 0.5) is 0 Å². The molecule has 2 rings (SSSR count). The zero-order valence-corrected chi connectivity index (χ0v) is 11.9. The first-order chi connectivity index (χ1) is 9.62. The van der Waals surface area contributed by atoms with Crippen molar-refractivity contribution in [3.8, 4) is 6.07 Å². The molecule has 3 N–H and O–H groups in total. The summed E-state index contributed by atoms with van der Waals surface area (Å²) in [5, 5.41) is 22.1. The molecule has 1 aromatic heterocycles. The van der Waals surface area contributed by atoms with Gasteiger partial charge in [0.05, 0.1) is 22.6 Å². The third-order valence-electron chi connectivity index (χ3n) is 3.18. The van der Waals surface area contributed by atoms with Crippen molar-refractivity contribution >= 4 is 28.3 Å². The highest BCUT2D eigenvalue weighted by molar-refractivity contribution is 6.36. The summed E-state index contributed by atoms with van der Waals surface area (Å²) in [5.74, 6) is 0.125. The van der Waals surface area contributed by atoms with Crippen LogP contribution in [0.3, 0.4) is 0 Å². The van der Waals surface area contributed by atoms with Gasteiger partial charge in [0.2, 0.25) is 0 Å². The number of benzene rings is 1. The Hall–Kier alpha value is -2.19. The van der Waals surface area contributed by atoms with Gasteiger partial charge >= 0.3 is 0 Å². The van der Waals surface area contributed by atoms with Crippen LogP contribution in [0.15, 0.2) is 23.4 Å². The van der Waals surface area contributed by atoms with Crippen molar-refractivity contribution in [2.45, 2.75) is 26.3 Å². The molecule has 2 aromatic rings. The van der Waals surface area contributed by atoms with Crippen LogP contribution in [0.1, 0.15) is 24.6 Å². The highest BCUT2D eigenvalue weighted by Gasteiger charge is 2.14. The molecule has 0 saturated carbocycles. The molecule has 0 saturated heterocycles. The molecule has 0 atom stereocenters. The van der Waals surface area contributed by atoms with Crippen molar-refractivity contribution in [2.75, 3.05) is 0 Å². The van der Waals surface area contributed by atoms with E-state index in [9.17, 15) is 0 Å². The van der Waals surface area contributed by atoms with Gasteiger partial charge in [-0.15, -0.1) is 0 Å². The number of nitrogens with two attached hydrogens (primary N) is 1. The van der Waals surface area contributed by atoms with Crippen molar-refractivity contribution < 1.29 is 5.21 Å². The van der Waals surface area contributed by atoms with Gasteiger partial charge in [-0.1, -0.05) is 30.1 Å². The maximum Gasteiger partial charge on any atom is 0.159 e. The Bertz CT molecular complexity index is 712. The minimum Gasteiger partial charge on any atom is -0.409 e. The quantitative estimate of drug-likeness (QED) is 0.393. The Morgan fingerprint density at radius 1 is 1.55 bits per heavy atom. The summed E-state index contributed by atoms with van der Waals surface area (Å²) in [6.45, 7) is 2.37. The summed E-state index contributed by atoms with van der Waals surface area (Å²) in [5.41, 5.74) is 7.98. The van der Waals surface area contributed by atoms with Crippen molar-refractivity contribution in [2.24, 2.45) is 10.9 Å². The van der Waals surface area contributed by atoms with Gasteiger partial charge in [0.1, 0.15) is 6.07 Å². The van der Waals surface area contributed by atoms with E-state index in [-0.39, 0.29) is 12.4 Å². The number of oxime groups is 1. The number of amidine groups is 1. The van der Waals surface area contributed by atoms with Crippen molar-refractivity contribution in [1.82, 2.24) is 4.57 Å². The van der Waals surface area contributed by atoms with Gasteiger partial charge in [0.25, 0.3) is 0 Å². The molecule has 0 unspecified atom stereocenters. The van der Waals surface area contributed by atoms with E-state index in [1.165, 1.54) is 0 Å². The average molecular weight is 291 g/mol. The van der Waals surface area contributed by atoms with Gasteiger partial charge in [-0.25, -0.2) is 0 Å². The first-order valence-corrected chi connectivity index (χ1v) is 6.67. The lowest BCUT2D eigenvalue weighted by Crippen LogP contribution is -2.20. The third kappa shape index (κ3) is 2.43. The van der Waals surface area contributed by atoms with Gasteiger partial charge in [-0.2, -0.15) is 5.26 Å². The monoisotopic (exact) mass is 290 g/mol. The van der Waals surface area contributed by atoms with E-state index in [2.05, 4.69) is 18.1 Å². The summed E-state index contributed by atoms with van der Waals surface area (Å²) < 4.78 is 1.96. The fraction of sp³-hybridized carbons (Fsp3) is 0.286. The van der Waals surface area contributed by atoms with Crippen molar-refractivity contribution in [3.63, 3.8) is 0 Å². The van der Waals surface area contributed by atoms with Crippen LogP contribution in [-0.4, -0.2) is 15.6 Å². The molecule has 0 aliphatic carbocycles. The first-order valence-electron chi connectivity index (χ1n) is 6.29. The van der Waals surface area contributed by atoms with Gasteiger partial charge in [-0.05, 0) is 24.6 Å². The predicted molar refractivity (Wildman–Crippen MR) is 79.1 cm³/mol. The van der Waals surface area contributed by atoms with E-state index >= 15 is 0 Å². The molecule has 1 heterocycles. The molecule has 6 heteroatoms. The van der Waals surface area contributed by atoms with Crippen LogP contribution < -0.4 is 5.73 Å². The molecule has 0 aliphatic rings. The van der Waals surface area contributed by atoms with Gasteiger partial charge in [0, 0.05) is 11.1 Å². The van der Waals surface area contributed by atoms with E-state index in [1.807, 2.05) is 16.7 Å². The SMILES string of the molecule is CCCc1cc2c(Cl)c(C#N)ccc2n1C/C(N)=N/O. The molecule has 0 amide bonds. The Kier molecular flexibility index (Phi) is 4.16. The van der Waals surface area contributed by atoms with Crippen LogP contribution >= 0.6 is 11.6 Å². The number of fused-ring (bicyclic) bond motifs is 1. The molecule has 0 bridgehead atoms. The maximum atomic E-state index is 9.03. The maximum absolute atomic E-state index is 9.03. The number of hydrogen-bond acceptors (Lipinski definition) is 3. The Balaban J connectivity index is 2.67. The largest absolute Gasteiger partial charge is 0.409 e. The molecule has 20 heavy (non-hydrogen) atoms. The highest BCUT2D eigenvalue weighted by atomic mass is 35.5. The summed E-state index contributed by atoms with van der Waals surface area (Å²) in [4.78, 5) is 0. The second kappa shape index (κ2) is 5.85. The lowest BCUT2D eigenvalue weighted by Gasteiger charge is -2.09. The second-order valence-electron chi connectivity index (χ2n) is 4.53. The number of hydrogen-bond donors (Lipinski definition) is 2. The summed E-state index contributed by atoms with van der Waals surface area (Å²) in [6.07, 6.45) is 1.82. The molecule has 0 spiro atoms. The van der Waals surface area contributed by atoms with Crippen LogP contribution in [0.5, 0.6) is 0 Å². The molecular formula is C14H15ClN4O. The average Bonchev–Trinajstić information content (AvgIpc) is 2.79. The normalized spacial score (nSPS) is 11.8. The molecule has 0 fully saturated rings. The lowest BCUT2D eigenvalue weighted by atomic mass is 10.1. The summed E-state index contributed by atoms with van der Waals surface area (Å²) in [6, 6.07) is 7.56. The molecule has 0 radical (unpaired) electrons. The number of nitrogens with zero attached hydrogens (tertiary/aromatic N) is 3. The highest BCUT2D eigenvalue weighted by Crippen LogP contribution is 2.30. The minimum atomic E-state index is 0.125. The van der Waals surface area contributed by atoms with Crippen LogP contribution in [-0.2, 0) is 13.0 Å². The van der Waals surface area contributed by atoms with Gasteiger partial charge in [-0.3, -0.25) is 0 Å². The van der Waals surface area contributed by atoms with Crippen molar-refractivity contribution in [1.29, 1.82) is 5.26 Å². The number of aromatic nitrogens is 1. The van der Waals surface area contributed by atoms with E-state index in [4.69, 9.17) is 27.8 Å². The standard InChI is InChI=1S/C14H15ClN4O/c1-2-3-10-6-11-12(19(10)8-13(17)18-20)5-4-9(7-16)14(11)15/h4-6,20H,2-3,8H2,1H3,(H2,17,18). The lowest BCUT2D eigenvalue weighted by molar-refractivity contribution is 0.316. The number of aryl methyl sites for hydroxylation is 1. The number of rotatable bonds is 4. The molecule has 5 nitrogen and oxygen atoms in total. The summed E-state index contributed by atoms with van der Waals surface area (Å²) >= 11 is 6.25. The fourth-order valence-electron chi connectivity index (χ4n) is 2.28. The third-order valence-corrected chi connectivity index (χ3v) is 3.59. The second-order valence-corrected chi connectivity index (χ2v) is 4.91. The van der Waals surface area contributed by atoms with E-state index in [0.717, 1.165) is 29.4 Å². The predicted octanol–water partition coefficient (Wildman–Crippen LogP) is 2.87. The molecule has 0 aliphatic heterocycles. The smallest absolute Gasteiger partial charge is 0.159 e. The zero-order chi connectivity index (χ0) is 14.7. The van der Waals surface area contributed by atoms with Crippen LogP contribution in [0.2, 0.25) is 5.02 Å². The fourth-order valence-corrected chi connectivity index (χ4v) is 2.54. The zero-order valence-electron chi connectivity index (χ0n) is 11.1. The van der Waals surface area contributed by atoms with Crippen LogP contribution in [0.25, 0.3) is 10.9 Å². The molecular weight excluding hydrogens is 276 g/mol. The minimum absolute atomic E-state index is 0.125. The Morgan fingerprint density at radius 2 is 2.30 bits per heavy atom.